The predicted octanol–water partition coefficient (Wildman–Crippen LogP) is 0.889. The molecule has 3 N–H and O–H groups in total. The van der Waals surface area contributed by atoms with Crippen molar-refractivity contribution in [3.05, 3.63) is 29.6 Å². The smallest absolute Gasteiger partial charge is 0.245 e. The summed E-state index contributed by atoms with van der Waals surface area (Å²) in [6.45, 7) is 3.74. The molecule has 0 saturated carbocycles. The van der Waals surface area contributed by atoms with Crippen molar-refractivity contribution in [3.8, 4) is 0 Å². The lowest BCUT2D eigenvalue weighted by Crippen LogP contribution is -2.29. The van der Waals surface area contributed by atoms with Gasteiger partial charge in [0.1, 0.15) is 6.61 Å². The first-order valence-electron chi connectivity index (χ1n) is 9.47. The van der Waals surface area contributed by atoms with Crippen molar-refractivity contribution in [2.24, 2.45) is 5.73 Å². The van der Waals surface area contributed by atoms with Crippen LogP contribution in [0.2, 0.25) is 0 Å². The van der Waals surface area contributed by atoms with E-state index in [9.17, 15) is 4.79 Å². The van der Waals surface area contributed by atoms with Gasteiger partial charge in [0.15, 0.2) is 0 Å². The summed E-state index contributed by atoms with van der Waals surface area (Å²) in [4.78, 5) is 18.5. The van der Waals surface area contributed by atoms with E-state index >= 15 is 0 Å². The van der Waals surface area contributed by atoms with Gasteiger partial charge in [0.25, 0.3) is 0 Å². The zero-order valence-corrected chi connectivity index (χ0v) is 15.8. The Kier molecular flexibility index (Phi) is 9.55. The number of aryl methyl sites for hydroxylation is 1. The lowest BCUT2D eigenvalue weighted by atomic mass is 10.0. The molecule has 1 aromatic rings. The third kappa shape index (κ3) is 7.37. The number of ether oxygens (including phenoxy) is 2. The van der Waals surface area contributed by atoms with Gasteiger partial charge in [0, 0.05) is 31.5 Å². The molecule has 1 atom stereocenters. The van der Waals surface area contributed by atoms with E-state index in [0.29, 0.717) is 39.0 Å². The van der Waals surface area contributed by atoms with Crippen LogP contribution in [0.25, 0.3) is 0 Å². The molecule has 0 spiro atoms. The third-order valence-corrected chi connectivity index (χ3v) is 4.55. The lowest BCUT2D eigenvalue weighted by molar-refractivity contribution is -0.126. The first-order chi connectivity index (χ1) is 12.7. The number of nitrogens with zero attached hydrogens (tertiary/aromatic N) is 2. The minimum absolute atomic E-state index is 0.0665. The number of hydrogen-bond donors (Lipinski definition) is 2. The summed E-state index contributed by atoms with van der Waals surface area (Å²) >= 11 is 0. The molecule has 1 aromatic heterocycles. The van der Waals surface area contributed by atoms with Crippen molar-refractivity contribution in [1.82, 2.24) is 15.2 Å². The molecule has 1 fully saturated rings. The number of nitrogens with one attached hydrogen (secondary N) is 1. The van der Waals surface area contributed by atoms with Gasteiger partial charge in [-0.25, -0.2) is 0 Å². The summed E-state index contributed by atoms with van der Waals surface area (Å²) in [5, 5.41) is 2.88. The minimum Gasteiger partial charge on any atom is -0.378 e. The van der Waals surface area contributed by atoms with Crippen LogP contribution in [0.1, 0.15) is 36.4 Å². The van der Waals surface area contributed by atoms with Crippen molar-refractivity contribution in [2.45, 2.75) is 31.7 Å². The van der Waals surface area contributed by atoms with Crippen LogP contribution in [-0.4, -0.2) is 68.9 Å². The molecule has 0 bridgehead atoms. The minimum atomic E-state index is -0.0942. The number of carbonyl (C=O) groups is 1. The number of pyridine rings is 1. The summed E-state index contributed by atoms with van der Waals surface area (Å²) in [6.07, 6.45) is 8.15. The Balaban J connectivity index is 1.59. The quantitative estimate of drug-likeness (QED) is 0.536. The maximum Gasteiger partial charge on any atom is 0.245 e. The standard InChI is InChI=1S/C19H32N4O3/c1-23-8-3-5-18(23)17-12-16(13-21-14-17)4-2-7-22-19(24)15-26-11-10-25-9-6-20/h12-14,18H,2-11,15,20H2,1H3,(H,22,24)/t18-/m0/s1. The van der Waals surface area contributed by atoms with Crippen LogP contribution in [0.3, 0.4) is 0 Å². The van der Waals surface area contributed by atoms with Gasteiger partial charge >= 0.3 is 0 Å². The Morgan fingerprint density at radius 2 is 2.19 bits per heavy atom. The SMILES string of the molecule is CN1CCC[C@H]1c1cncc(CCCNC(=O)COCCOCCN)c1. The Bertz CT molecular complexity index is 541. The maximum absolute atomic E-state index is 11.7. The highest BCUT2D eigenvalue weighted by Crippen LogP contribution is 2.30. The number of nitrogens with two attached hydrogens (primary N) is 1. The largest absolute Gasteiger partial charge is 0.378 e. The summed E-state index contributed by atoms with van der Waals surface area (Å²) in [7, 11) is 2.17. The number of carbonyl (C=O) groups excluding carboxylic acids is 1. The van der Waals surface area contributed by atoms with Crippen LogP contribution < -0.4 is 11.1 Å². The van der Waals surface area contributed by atoms with Crippen LogP contribution in [0.15, 0.2) is 18.5 Å². The van der Waals surface area contributed by atoms with Crippen LogP contribution in [-0.2, 0) is 20.7 Å². The van der Waals surface area contributed by atoms with Crippen molar-refractivity contribution < 1.29 is 14.3 Å². The van der Waals surface area contributed by atoms with E-state index < -0.39 is 0 Å². The Hall–Kier alpha value is -1.54. The Morgan fingerprint density at radius 3 is 2.96 bits per heavy atom. The molecule has 146 valence electrons. The van der Waals surface area contributed by atoms with E-state index in [1.54, 1.807) is 0 Å². The van der Waals surface area contributed by atoms with E-state index in [-0.39, 0.29) is 12.5 Å². The first kappa shape index (κ1) is 20.8. The van der Waals surface area contributed by atoms with E-state index in [1.807, 2.05) is 12.4 Å². The molecule has 0 aliphatic carbocycles. The first-order valence-corrected chi connectivity index (χ1v) is 9.47. The molecule has 2 heterocycles. The second kappa shape index (κ2) is 12.0. The zero-order chi connectivity index (χ0) is 18.6. The molecule has 2 rings (SSSR count). The summed E-state index contributed by atoms with van der Waals surface area (Å²) in [6, 6.07) is 2.75. The number of aromatic nitrogens is 1. The highest BCUT2D eigenvalue weighted by atomic mass is 16.5. The Morgan fingerprint density at radius 1 is 1.35 bits per heavy atom. The lowest BCUT2D eigenvalue weighted by Gasteiger charge is -2.19. The highest BCUT2D eigenvalue weighted by Gasteiger charge is 2.22. The third-order valence-electron chi connectivity index (χ3n) is 4.55. The van der Waals surface area contributed by atoms with Crippen LogP contribution in [0, 0.1) is 0 Å². The zero-order valence-electron chi connectivity index (χ0n) is 15.8. The molecular weight excluding hydrogens is 332 g/mol. The topological polar surface area (TPSA) is 89.7 Å². The second-order valence-electron chi connectivity index (χ2n) is 6.67. The van der Waals surface area contributed by atoms with Gasteiger partial charge in [-0.2, -0.15) is 0 Å². The normalized spacial score (nSPS) is 17.5. The van der Waals surface area contributed by atoms with Gasteiger partial charge in [0.05, 0.1) is 19.8 Å². The summed E-state index contributed by atoms with van der Waals surface area (Å²) in [5.74, 6) is -0.0942. The molecule has 1 aliphatic rings. The van der Waals surface area contributed by atoms with Crippen molar-refractivity contribution in [2.75, 3.05) is 53.1 Å². The van der Waals surface area contributed by atoms with Gasteiger partial charge in [-0.3, -0.25) is 14.7 Å². The molecule has 1 amide bonds. The fraction of sp³-hybridized carbons (Fsp3) is 0.684. The maximum atomic E-state index is 11.7. The fourth-order valence-corrected chi connectivity index (χ4v) is 3.20. The molecule has 7 nitrogen and oxygen atoms in total. The average Bonchev–Trinajstić information content (AvgIpc) is 3.08. The van der Waals surface area contributed by atoms with Crippen LogP contribution in [0.4, 0.5) is 0 Å². The number of hydrogen-bond acceptors (Lipinski definition) is 6. The Labute approximate surface area is 156 Å². The molecule has 1 saturated heterocycles. The van der Waals surface area contributed by atoms with Gasteiger partial charge in [-0.15, -0.1) is 0 Å². The van der Waals surface area contributed by atoms with Gasteiger partial charge in [-0.1, -0.05) is 6.07 Å². The van der Waals surface area contributed by atoms with E-state index in [2.05, 4.69) is 28.3 Å². The molecule has 7 heteroatoms. The van der Waals surface area contributed by atoms with Crippen molar-refractivity contribution >= 4 is 5.91 Å². The van der Waals surface area contributed by atoms with Crippen molar-refractivity contribution in [3.63, 3.8) is 0 Å². The number of likely N-dealkylation sites (tertiary alicyclic amines) is 1. The molecule has 26 heavy (non-hydrogen) atoms. The monoisotopic (exact) mass is 364 g/mol. The van der Waals surface area contributed by atoms with Gasteiger partial charge in [0.2, 0.25) is 5.91 Å². The second-order valence-corrected chi connectivity index (χ2v) is 6.67. The fourth-order valence-electron chi connectivity index (χ4n) is 3.20. The van der Waals surface area contributed by atoms with E-state index in [0.717, 1.165) is 19.4 Å². The summed E-state index contributed by atoms with van der Waals surface area (Å²) in [5.41, 5.74) is 7.84. The predicted molar refractivity (Wildman–Crippen MR) is 101 cm³/mol. The molecule has 0 unspecified atom stereocenters. The van der Waals surface area contributed by atoms with E-state index in [1.165, 1.54) is 24.0 Å². The highest BCUT2D eigenvalue weighted by molar-refractivity contribution is 5.77. The van der Waals surface area contributed by atoms with E-state index in [4.69, 9.17) is 15.2 Å². The van der Waals surface area contributed by atoms with Gasteiger partial charge < -0.3 is 20.5 Å². The molecule has 0 radical (unpaired) electrons. The van der Waals surface area contributed by atoms with Crippen molar-refractivity contribution in [1.29, 1.82) is 0 Å². The van der Waals surface area contributed by atoms with Crippen LogP contribution >= 0.6 is 0 Å². The average molecular weight is 364 g/mol. The molecular formula is C19H32N4O3. The number of rotatable bonds is 12. The summed E-state index contributed by atoms with van der Waals surface area (Å²) < 4.78 is 10.4. The van der Waals surface area contributed by atoms with Crippen LogP contribution in [0.5, 0.6) is 0 Å². The molecule has 1 aliphatic heterocycles. The van der Waals surface area contributed by atoms with Gasteiger partial charge in [-0.05, 0) is 50.4 Å². The molecule has 0 aromatic carbocycles. The number of amides is 1.